The van der Waals surface area contributed by atoms with E-state index in [4.69, 9.17) is 27.9 Å². The number of thiazole rings is 1. The van der Waals surface area contributed by atoms with Gasteiger partial charge in [-0.1, -0.05) is 89.1 Å². The van der Waals surface area contributed by atoms with Crippen LogP contribution in [0.25, 0.3) is 17.0 Å². The number of para-hydroxylation sites is 1. The maximum Gasteiger partial charge on any atom is 0.338 e. The molecule has 3 heterocycles. The summed E-state index contributed by atoms with van der Waals surface area (Å²) in [6, 6.07) is 22.3. The second-order valence-corrected chi connectivity index (χ2v) is 11.5. The molecule has 6 rings (SSSR count). The first-order chi connectivity index (χ1) is 19.9. The van der Waals surface area contributed by atoms with E-state index in [0.29, 0.717) is 42.8 Å². The van der Waals surface area contributed by atoms with Gasteiger partial charge in [-0.2, -0.15) is 0 Å². The Morgan fingerprint density at radius 2 is 1.73 bits per heavy atom. The van der Waals surface area contributed by atoms with Crippen LogP contribution >= 0.6 is 34.5 Å². The number of rotatable bonds is 6. The third-order valence-electron chi connectivity index (χ3n) is 7.12. The number of aromatic nitrogens is 2. The van der Waals surface area contributed by atoms with Crippen LogP contribution in [0, 0.1) is 0 Å². The number of carbonyl (C=O) groups excluding carboxylic acids is 1. The highest BCUT2D eigenvalue weighted by atomic mass is 35.5. The molecular formula is C32H25Cl2N3O3S. The summed E-state index contributed by atoms with van der Waals surface area (Å²) in [5, 5.41) is 2.16. The van der Waals surface area contributed by atoms with Crippen LogP contribution in [0.5, 0.6) is 0 Å². The number of fused-ring (bicyclic) bond motifs is 2. The largest absolute Gasteiger partial charge is 0.463 e. The Bertz CT molecular complexity index is 2040. The highest BCUT2D eigenvalue weighted by Crippen LogP contribution is 2.34. The molecule has 0 N–H and O–H groups in total. The minimum absolute atomic E-state index is 0.202. The Labute approximate surface area is 250 Å². The molecule has 1 aliphatic heterocycles. The van der Waals surface area contributed by atoms with Gasteiger partial charge in [0.1, 0.15) is 6.04 Å². The summed E-state index contributed by atoms with van der Waals surface area (Å²) in [4.78, 5) is 32.4. The first kappa shape index (κ1) is 27.3. The molecule has 0 aliphatic carbocycles. The first-order valence-corrected chi connectivity index (χ1v) is 14.7. The van der Waals surface area contributed by atoms with Crippen LogP contribution in [0.2, 0.25) is 10.0 Å². The molecule has 9 heteroatoms. The quantitative estimate of drug-likeness (QED) is 0.221. The van der Waals surface area contributed by atoms with Crippen LogP contribution < -0.4 is 14.9 Å². The van der Waals surface area contributed by atoms with E-state index in [2.05, 4.69) is 15.6 Å². The van der Waals surface area contributed by atoms with Crippen LogP contribution in [0.1, 0.15) is 36.6 Å². The molecule has 0 saturated heterocycles. The maximum absolute atomic E-state index is 14.1. The maximum atomic E-state index is 14.1. The van der Waals surface area contributed by atoms with Crippen molar-refractivity contribution in [3.05, 3.63) is 137 Å². The molecule has 0 radical (unpaired) electrons. The number of benzene rings is 3. The second kappa shape index (κ2) is 11.2. The number of esters is 1. The normalized spacial score (nSPS) is 15.2. The van der Waals surface area contributed by atoms with Crippen molar-refractivity contribution in [1.82, 2.24) is 9.13 Å². The number of hydrogen-bond donors (Lipinski definition) is 0. The van der Waals surface area contributed by atoms with E-state index in [1.807, 2.05) is 72.9 Å². The second-order valence-electron chi connectivity index (χ2n) is 9.64. The third kappa shape index (κ3) is 4.95. The lowest BCUT2D eigenvalue weighted by atomic mass is 9.96. The molecule has 1 atom stereocenters. The smallest absolute Gasteiger partial charge is 0.338 e. The van der Waals surface area contributed by atoms with Crippen LogP contribution in [0.15, 0.2) is 100 Å². The van der Waals surface area contributed by atoms with Gasteiger partial charge in [-0.25, -0.2) is 9.79 Å². The summed E-state index contributed by atoms with van der Waals surface area (Å²) in [6.45, 7) is 4.29. The summed E-state index contributed by atoms with van der Waals surface area (Å²) in [7, 11) is 0. The van der Waals surface area contributed by atoms with Gasteiger partial charge in [0.2, 0.25) is 0 Å². The van der Waals surface area contributed by atoms with Gasteiger partial charge in [0.15, 0.2) is 4.80 Å². The minimum atomic E-state index is -0.761. The van der Waals surface area contributed by atoms with Gasteiger partial charge in [-0.05, 0) is 49.2 Å². The van der Waals surface area contributed by atoms with Crippen molar-refractivity contribution in [2.24, 2.45) is 4.99 Å². The predicted molar refractivity (Wildman–Crippen MR) is 164 cm³/mol. The molecule has 0 saturated carbocycles. The molecule has 0 spiro atoms. The molecule has 0 unspecified atom stereocenters. The fourth-order valence-corrected chi connectivity index (χ4v) is 6.73. The molecular weight excluding hydrogens is 577 g/mol. The number of ether oxygens (including phenoxy) is 1. The lowest BCUT2D eigenvalue weighted by Gasteiger charge is -2.25. The van der Waals surface area contributed by atoms with Gasteiger partial charge in [-0.3, -0.25) is 9.36 Å². The van der Waals surface area contributed by atoms with Crippen LogP contribution in [-0.2, 0) is 16.1 Å². The van der Waals surface area contributed by atoms with E-state index in [9.17, 15) is 9.59 Å². The zero-order chi connectivity index (χ0) is 28.7. The average Bonchev–Trinajstić information content (AvgIpc) is 3.46. The van der Waals surface area contributed by atoms with E-state index in [1.54, 1.807) is 24.5 Å². The lowest BCUT2D eigenvalue weighted by molar-refractivity contribution is -0.139. The van der Waals surface area contributed by atoms with Gasteiger partial charge >= 0.3 is 5.97 Å². The molecule has 1 aliphatic rings. The highest BCUT2D eigenvalue weighted by molar-refractivity contribution is 7.07. The van der Waals surface area contributed by atoms with E-state index >= 15 is 0 Å². The Morgan fingerprint density at radius 1 is 1.02 bits per heavy atom. The summed E-state index contributed by atoms with van der Waals surface area (Å²) < 4.78 is 9.57. The molecule has 2 aromatic heterocycles. The topological polar surface area (TPSA) is 65.6 Å². The molecule has 0 amide bonds. The molecule has 206 valence electrons. The van der Waals surface area contributed by atoms with Gasteiger partial charge in [0.05, 0.1) is 22.4 Å². The fourth-order valence-electron chi connectivity index (χ4n) is 5.26. The summed E-state index contributed by atoms with van der Waals surface area (Å²) in [5.74, 6) is -0.518. The van der Waals surface area contributed by atoms with Crippen molar-refractivity contribution in [3.63, 3.8) is 0 Å². The van der Waals surface area contributed by atoms with Gasteiger partial charge < -0.3 is 9.30 Å². The molecule has 3 aromatic carbocycles. The number of nitrogens with zero attached hydrogens (tertiary/aromatic N) is 3. The van der Waals surface area contributed by atoms with Crippen LogP contribution in [0.3, 0.4) is 0 Å². The monoisotopic (exact) mass is 601 g/mol. The number of carbonyl (C=O) groups is 1. The Balaban J connectivity index is 1.53. The lowest BCUT2D eigenvalue weighted by Crippen LogP contribution is -2.40. The van der Waals surface area contributed by atoms with Gasteiger partial charge in [0.25, 0.3) is 5.56 Å². The number of hydrogen-bond acceptors (Lipinski definition) is 5. The van der Waals surface area contributed by atoms with Gasteiger partial charge in [0, 0.05) is 39.3 Å². The van der Waals surface area contributed by atoms with Crippen molar-refractivity contribution in [2.75, 3.05) is 6.61 Å². The van der Waals surface area contributed by atoms with Crippen molar-refractivity contribution >= 4 is 57.5 Å². The molecule has 0 fully saturated rings. The average molecular weight is 603 g/mol. The molecule has 0 bridgehead atoms. The first-order valence-electron chi connectivity index (χ1n) is 13.1. The Kier molecular flexibility index (Phi) is 7.43. The number of halogens is 2. The molecule has 6 nitrogen and oxygen atoms in total. The fraction of sp³-hybridized carbons (Fsp3) is 0.156. The summed E-state index contributed by atoms with van der Waals surface area (Å²) >= 11 is 14.4. The summed E-state index contributed by atoms with van der Waals surface area (Å²) in [6.07, 6.45) is 3.93. The molecule has 41 heavy (non-hydrogen) atoms. The van der Waals surface area contributed by atoms with Crippen molar-refractivity contribution in [3.8, 4) is 0 Å². The van der Waals surface area contributed by atoms with Crippen molar-refractivity contribution < 1.29 is 9.53 Å². The van der Waals surface area contributed by atoms with E-state index in [1.165, 1.54) is 11.3 Å². The van der Waals surface area contributed by atoms with E-state index < -0.39 is 12.0 Å². The predicted octanol–water partition coefficient (Wildman–Crippen LogP) is 6.11. The molecule has 5 aromatic rings. The third-order valence-corrected chi connectivity index (χ3v) is 8.82. The summed E-state index contributed by atoms with van der Waals surface area (Å²) in [5.41, 5.74) is 4.11. The zero-order valence-corrected chi connectivity index (χ0v) is 24.6. The standard InChI is InChI=1S/C32H25Cl2N3O3S/c1-3-40-31(39)28-19(2)35-32-37(29(28)23-12-5-8-14-25(23)34)30(38)27(41-32)16-21-18-36(26-15-9-6-11-22(21)26)17-20-10-4-7-13-24(20)33/h4-16,18,29H,3,17H2,1-2H3/b27-16-/t29-/m0/s1. The van der Waals surface area contributed by atoms with Crippen molar-refractivity contribution in [2.45, 2.75) is 26.4 Å². The van der Waals surface area contributed by atoms with Gasteiger partial charge in [-0.15, -0.1) is 0 Å². The van der Waals surface area contributed by atoms with Crippen molar-refractivity contribution in [1.29, 1.82) is 0 Å². The Hall–Kier alpha value is -3.91. The van der Waals surface area contributed by atoms with Crippen LogP contribution in [-0.4, -0.2) is 21.7 Å². The number of allylic oxidation sites excluding steroid dienone is 1. The van der Waals surface area contributed by atoms with Crippen LogP contribution in [0.4, 0.5) is 0 Å². The minimum Gasteiger partial charge on any atom is -0.463 e. The Morgan fingerprint density at radius 3 is 2.49 bits per heavy atom. The van der Waals surface area contributed by atoms with E-state index in [-0.39, 0.29) is 12.2 Å². The highest BCUT2D eigenvalue weighted by Gasteiger charge is 2.34. The van der Waals surface area contributed by atoms with E-state index in [0.717, 1.165) is 22.0 Å². The zero-order valence-electron chi connectivity index (χ0n) is 22.3. The SMILES string of the molecule is CCOC(=O)C1=C(C)N=c2s/c(=C\c3cn(Cc4ccccc4Cl)c4ccccc34)c(=O)n2[C@H]1c1ccccc1Cl.